The van der Waals surface area contributed by atoms with Crippen LogP contribution in [0.3, 0.4) is 0 Å². The van der Waals surface area contributed by atoms with Crippen LogP contribution in [0, 0.1) is 0 Å². The van der Waals surface area contributed by atoms with Crippen LogP contribution < -0.4 is 10.7 Å². The Morgan fingerprint density at radius 1 is 1.38 bits per heavy atom. The fourth-order valence-electron chi connectivity index (χ4n) is 1.34. The third-order valence-electron chi connectivity index (χ3n) is 2.22. The summed E-state index contributed by atoms with van der Waals surface area (Å²) in [7, 11) is 0. The van der Waals surface area contributed by atoms with Gasteiger partial charge in [-0.25, -0.2) is 0 Å². The zero-order valence-electron chi connectivity index (χ0n) is 12.0. The molecule has 0 bridgehead atoms. The van der Waals surface area contributed by atoms with E-state index in [9.17, 15) is 18.0 Å². The first-order valence-electron chi connectivity index (χ1n) is 6.19. The lowest BCUT2D eigenvalue weighted by molar-refractivity contribution is -0.138. The lowest BCUT2D eigenvalue weighted by Crippen LogP contribution is -2.32. The maximum atomic E-state index is 12.7. The van der Waals surface area contributed by atoms with Crippen LogP contribution in [0.5, 0.6) is 0 Å². The summed E-state index contributed by atoms with van der Waals surface area (Å²) in [6.07, 6.45) is -1.35. The second kappa shape index (κ2) is 6.55. The van der Waals surface area contributed by atoms with Crippen LogP contribution in [0.25, 0.3) is 0 Å². The van der Waals surface area contributed by atoms with Crippen LogP contribution in [0.15, 0.2) is 23.6 Å². The zero-order chi connectivity index (χ0) is 16.1. The summed E-state index contributed by atoms with van der Waals surface area (Å²) in [6.45, 7) is 5.70. The molecular formula is C13H17F3N4O. The highest BCUT2D eigenvalue weighted by molar-refractivity contribution is 5.96. The van der Waals surface area contributed by atoms with Crippen molar-refractivity contribution < 1.29 is 18.0 Å². The number of pyridine rings is 1. The minimum atomic E-state index is -4.60. The standard InChI is InChI=1S/C13H17F3N4O/c1-12(2,3)20-19-7-6-18-11(21)9-8-17-5-4-10(9)13(14,15)16/h4-5,7-8,20H,6H2,1-3H3,(H,18,21). The molecular weight excluding hydrogens is 285 g/mol. The quantitative estimate of drug-likeness (QED) is 0.662. The lowest BCUT2D eigenvalue weighted by Gasteiger charge is -2.17. The number of amides is 1. The summed E-state index contributed by atoms with van der Waals surface area (Å²) in [5, 5.41) is 6.18. The summed E-state index contributed by atoms with van der Waals surface area (Å²) in [4.78, 5) is 15.3. The molecule has 0 atom stereocenters. The van der Waals surface area contributed by atoms with Gasteiger partial charge in [0, 0.05) is 24.1 Å². The SMILES string of the molecule is CC(C)(C)NN=CCNC(=O)c1cnccc1C(F)(F)F. The number of carbonyl (C=O) groups excluding carboxylic acids is 1. The van der Waals surface area contributed by atoms with Crippen molar-refractivity contribution in [1.82, 2.24) is 15.7 Å². The Labute approximate surface area is 120 Å². The van der Waals surface area contributed by atoms with Gasteiger partial charge in [-0.05, 0) is 26.8 Å². The molecule has 8 heteroatoms. The van der Waals surface area contributed by atoms with Crippen molar-refractivity contribution in [2.75, 3.05) is 6.54 Å². The molecule has 1 aromatic heterocycles. The van der Waals surface area contributed by atoms with Crippen molar-refractivity contribution >= 4 is 12.1 Å². The molecule has 0 spiro atoms. The number of hydrogen-bond acceptors (Lipinski definition) is 4. The molecule has 1 aromatic rings. The van der Waals surface area contributed by atoms with E-state index in [4.69, 9.17) is 0 Å². The fraction of sp³-hybridized carbons (Fsp3) is 0.462. The summed E-state index contributed by atoms with van der Waals surface area (Å²) in [6, 6.07) is 0.768. The van der Waals surface area contributed by atoms with E-state index >= 15 is 0 Å². The van der Waals surface area contributed by atoms with Gasteiger partial charge in [0.15, 0.2) is 0 Å². The van der Waals surface area contributed by atoms with E-state index in [1.807, 2.05) is 20.8 Å². The largest absolute Gasteiger partial charge is 0.417 e. The minimum Gasteiger partial charge on any atom is -0.347 e. The van der Waals surface area contributed by atoms with Crippen LogP contribution in [-0.4, -0.2) is 29.2 Å². The average molecular weight is 302 g/mol. The first kappa shape index (κ1) is 16.9. The van der Waals surface area contributed by atoms with Crippen molar-refractivity contribution in [3.05, 3.63) is 29.6 Å². The molecule has 21 heavy (non-hydrogen) atoms. The van der Waals surface area contributed by atoms with Crippen molar-refractivity contribution in [3.63, 3.8) is 0 Å². The number of hydrogen-bond donors (Lipinski definition) is 2. The third kappa shape index (κ3) is 5.80. The van der Waals surface area contributed by atoms with Crippen LogP contribution in [-0.2, 0) is 6.18 Å². The van der Waals surface area contributed by atoms with Gasteiger partial charge in [-0.1, -0.05) is 0 Å². The Bertz CT molecular complexity index is 521. The van der Waals surface area contributed by atoms with Gasteiger partial charge in [0.1, 0.15) is 0 Å². The smallest absolute Gasteiger partial charge is 0.347 e. The van der Waals surface area contributed by atoms with E-state index < -0.39 is 23.2 Å². The molecule has 0 unspecified atom stereocenters. The average Bonchev–Trinajstić information content (AvgIpc) is 2.35. The number of aromatic nitrogens is 1. The monoisotopic (exact) mass is 302 g/mol. The number of nitrogens with one attached hydrogen (secondary N) is 2. The maximum absolute atomic E-state index is 12.7. The fourth-order valence-corrected chi connectivity index (χ4v) is 1.34. The normalized spacial score (nSPS) is 12.5. The number of carbonyl (C=O) groups is 1. The Hall–Kier alpha value is -2.12. The Morgan fingerprint density at radius 3 is 2.62 bits per heavy atom. The van der Waals surface area contributed by atoms with Crippen LogP contribution >= 0.6 is 0 Å². The Morgan fingerprint density at radius 2 is 2.05 bits per heavy atom. The molecule has 0 saturated carbocycles. The second-order valence-corrected chi connectivity index (χ2v) is 5.30. The summed E-state index contributed by atoms with van der Waals surface area (Å²) in [5.41, 5.74) is 1.04. The van der Waals surface area contributed by atoms with E-state index in [2.05, 4.69) is 20.8 Å². The van der Waals surface area contributed by atoms with Gasteiger partial charge in [-0.3, -0.25) is 9.78 Å². The topological polar surface area (TPSA) is 66.4 Å². The van der Waals surface area contributed by atoms with Crippen molar-refractivity contribution in [3.8, 4) is 0 Å². The minimum absolute atomic E-state index is 0.00804. The van der Waals surface area contributed by atoms with Gasteiger partial charge < -0.3 is 10.7 Å². The first-order chi connectivity index (χ1) is 9.61. The second-order valence-electron chi connectivity index (χ2n) is 5.30. The highest BCUT2D eigenvalue weighted by Crippen LogP contribution is 2.31. The van der Waals surface area contributed by atoms with E-state index in [0.717, 1.165) is 18.5 Å². The summed E-state index contributed by atoms with van der Waals surface area (Å²) >= 11 is 0. The maximum Gasteiger partial charge on any atom is 0.417 e. The number of hydrazone groups is 1. The van der Waals surface area contributed by atoms with E-state index in [1.165, 1.54) is 6.21 Å². The molecule has 0 radical (unpaired) electrons. The van der Waals surface area contributed by atoms with Crippen LogP contribution in [0.1, 0.15) is 36.7 Å². The molecule has 0 aliphatic heterocycles. The van der Waals surface area contributed by atoms with Gasteiger partial charge in [0.05, 0.1) is 17.7 Å². The highest BCUT2D eigenvalue weighted by Gasteiger charge is 2.35. The first-order valence-corrected chi connectivity index (χ1v) is 6.19. The van der Waals surface area contributed by atoms with Gasteiger partial charge >= 0.3 is 6.18 Å². The molecule has 0 fully saturated rings. The number of halogens is 3. The third-order valence-corrected chi connectivity index (χ3v) is 2.22. The van der Waals surface area contributed by atoms with Gasteiger partial charge in [0.2, 0.25) is 0 Å². The van der Waals surface area contributed by atoms with Crippen LogP contribution in [0.2, 0.25) is 0 Å². The van der Waals surface area contributed by atoms with Crippen molar-refractivity contribution in [1.29, 1.82) is 0 Å². The zero-order valence-corrected chi connectivity index (χ0v) is 12.0. The van der Waals surface area contributed by atoms with Gasteiger partial charge in [-0.2, -0.15) is 18.3 Å². The van der Waals surface area contributed by atoms with Gasteiger partial charge in [0.25, 0.3) is 5.91 Å². The van der Waals surface area contributed by atoms with E-state index in [-0.39, 0.29) is 12.1 Å². The molecule has 0 aliphatic carbocycles. The predicted molar refractivity (Wildman–Crippen MR) is 73.0 cm³/mol. The molecule has 1 heterocycles. The molecule has 0 aromatic carbocycles. The predicted octanol–water partition coefficient (Wildman–Crippen LogP) is 2.20. The summed E-state index contributed by atoms with van der Waals surface area (Å²) < 4.78 is 38.2. The molecule has 1 rings (SSSR count). The molecule has 1 amide bonds. The molecule has 2 N–H and O–H groups in total. The van der Waals surface area contributed by atoms with Gasteiger partial charge in [-0.15, -0.1) is 0 Å². The molecule has 5 nitrogen and oxygen atoms in total. The van der Waals surface area contributed by atoms with Crippen LogP contribution in [0.4, 0.5) is 13.2 Å². The van der Waals surface area contributed by atoms with E-state index in [0.29, 0.717) is 0 Å². The highest BCUT2D eigenvalue weighted by atomic mass is 19.4. The van der Waals surface area contributed by atoms with Crippen molar-refractivity contribution in [2.24, 2.45) is 5.10 Å². The number of alkyl halides is 3. The molecule has 0 saturated heterocycles. The Balaban J connectivity index is 2.65. The lowest BCUT2D eigenvalue weighted by atomic mass is 10.1. The van der Waals surface area contributed by atoms with Crippen molar-refractivity contribution in [2.45, 2.75) is 32.5 Å². The summed E-state index contributed by atoms with van der Waals surface area (Å²) in [5.74, 6) is -0.849. The molecule has 116 valence electrons. The number of rotatable bonds is 4. The molecule has 0 aliphatic rings. The number of nitrogens with zero attached hydrogens (tertiary/aromatic N) is 2. The Kier molecular flexibility index (Phi) is 5.28. The van der Waals surface area contributed by atoms with E-state index in [1.54, 1.807) is 0 Å².